The van der Waals surface area contributed by atoms with Crippen molar-refractivity contribution in [2.24, 2.45) is 11.3 Å². The minimum absolute atomic E-state index is 0.0426. The molecular weight excluding hydrogens is 260 g/mol. The predicted molar refractivity (Wildman–Crippen MR) is 73.3 cm³/mol. The fourth-order valence-electron chi connectivity index (χ4n) is 3.37. The standard InChI is InChI=1S/C14H24N2O4/c1-20-9-14(5-7-15-8-6-14)13(19)16-11-4-2-3-10(11)12(17)18/h10-11,15H,2-9H2,1H3,(H,16,19)(H,17,18). The van der Waals surface area contributed by atoms with Crippen LogP contribution in [0.1, 0.15) is 32.1 Å². The summed E-state index contributed by atoms with van der Waals surface area (Å²) < 4.78 is 5.24. The van der Waals surface area contributed by atoms with Crippen LogP contribution >= 0.6 is 0 Å². The Labute approximate surface area is 119 Å². The average Bonchev–Trinajstić information content (AvgIpc) is 2.88. The number of piperidine rings is 1. The molecule has 0 radical (unpaired) electrons. The third kappa shape index (κ3) is 3.12. The normalized spacial score (nSPS) is 29.1. The second-order valence-electron chi connectivity index (χ2n) is 5.92. The number of hydrogen-bond acceptors (Lipinski definition) is 4. The maximum Gasteiger partial charge on any atom is 0.308 e. The van der Waals surface area contributed by atoms with Crippen LogP contribution in [-0.2, 0) is 14.3 Å². The van der Waals surface area contributed by atoms with Gasteiger partial charge in [0.2, 0.25) is 5.91 Å². The lowest BCUT2D eigenvalue weighted by Gasteiger charge is -2.36. The lowest BCUT2D eigenvalue weighted by Crippen LogP contribution is -2.53. The molecule has 1 amide bonds. The molecule has 0 spiro atoms. The van der Waals surface area contributed by atoms with Crippen LogP contribution in [0.3, 0.4) is 0 Å². The number of nitrogens with one attached hydrogen (secondary N) is 2. The van der Waals surface area contributed by atoms with Crippen molar-refractivity contribution in [2.75, 3.05) is 26.8 Å². The maximum absolute atomic E-state index is 12.6. The molecule has 0 aromatic rings. The molecule has 1 heterocycles. The molecule has 114 valence electrons. The van der Waals surface area contributed by atoms with Crippen LogP contribution < -0.4 is 10.6 Å². The zero-order chi connectivity index (χ0) is 14.6. The van der Waals surface area contributed by atoms with Gasteiger partial charge in [-0.05, 0) is 38.8 Å². The van der Waals surface area contributed by atoms with Gasteiger partial charge in [0.1, 0.15) is 0 Å². The van der Waals surface area contributed by atoms with Crippen LogP contribution in [0.2, 0.25) is 0 Å². The fraction of sp³-hybridized carbons (Fsp3) is 0.857. The summed E-state index contributed by atoms with van der Waals surface area (Å²) in [5.41, 5.74) is -0.508. The largest absolute Gasteiger partial charge is 0.481 e. The first-order valence-corrected chi connectivity index (χ1v) is 7.32. The lowest BCUT2D eigenvalue weighted by molar-refractivity contribution is -0.143. The highest BCUT2D eigenvalue weighted by Crippen LogP contribution is 2.32. The molecule has 2 unspecified atom stereocenters. The predicted octanol–water partition coefficient (Wildman–Crippen LogP) is 0.372. The maximum atomic E-state index is 12.6. The van der Waals surface area contributed by atoms with Gasteiger partial charge in [-0.2, -0.15) is 0 Å². The number of carboxylic acid groups (broad SMARTS) is 1. The van der Waals surface area contributed by atoms with Crippen LogP contribution in [0.5, 0.6) is 0 Å². The Morgan fingerprint density at radius 3 is 2.65 bits per heavy atom. The van der Waals surface area contributed by atoms with Gasteiger partial charge in [0, 0.05) is 13.2 Å². The van der Waals surface area contributed by atoms with Crippen molar-refractivity contribution in [1.82, 2.24) is 10.6 Å². The number of carboxylic acids is 1. The highest BCUT2D eigenvalue weighted by atomic mass is 16.5. The molecule has 2 rings (SSSR count). The van der Waals surface area contributed by atoms with E-state index in [1.54, 1.807) is 7.11 Å². The fourth-order valence-corrected chi connectivity index (χ4v) is 3.37. The minimum atomic E-state index is -0.807. The van der Waals surface area contributed by atoms with Crippen molar-refractivity contribution in [2.45, 2.75) is 38.1 Å². The summed E-state index contributed by atoms with van der Waals surface area (Å²) in [5.74, 6) is -1.29. The first kappa shape index (κ1) is 15.3. The van der Waals surface area contributed by atoms with E-state index in [1.165, 1.54) is 0 Å². The molecule has 20 heavy (non-hydrogen) atoms. The number of amides is 1. The first-order valence-electron chi connectivity index (χ1n) is 7.32. The molecule has 6 nitrogen and oxygen atoms in total. The van der Waals surface area contributed by atoms with Crippen LogP contribution in [0.4, 0.5) is 0 Å². The summed E-state index contributed by atoms with van der Waals surface area (Å²) >= 11 is 0. The number of ether oxygens (including phenoxy) is 1. The van der Waals surface area contributed by atoms with E-state index in [9.17, 15) is 14.7 Å². The van der Waals surface area contributed by atoms with Gasteiger partial charge in [0.05, 0.1) is 17.9 Å². The van der Waals surface area contributed by atoms with E-state index in [0.29, 0.717) is 13.0 Å². The number of rotatable bonds is 5. The molecule has 3 N–H and O–H groups in total. The van der Waals surface area contributed by atoms with E-state index < -0.39 is 17.3 Å². The average molecular weight is 284 g/mol. The number of carbonyl (C=O) groups is 2. The van der Waals surface area contributed by atoms with Crippen LogP contribution in [0.15, 0.2) is 0 Å². The summed E-state index contributed by atoms with van der Waals surface area (Å²) in [7, 11) is 1.60. The van der Waals surface area contributed by atoms with Gasteiger partial charge in [-0.15, -0.1) is 0 Å². The van der Waals surface area contributed by atoms with Gasteiger partial charge in [-0.25, -0.2) is 0 Å². The van der Waals surface area contributed by atoms with Gasteiger partial charge < -0.3 is 20.5 Å². The molecule has 1 aliphatic heterocycles. The van der Waals surface area contributed by atoms with E-state index in [1.807, 2.05) is 0 Å². The summed E-state index contributed by atoms with van der Waals surface area (Å²) in [6.45, 7) is 1.98. The summed E-state index contributed by atoms with van der Waals surface area (Å²) in [6, 6.07) is -0.233. The second-order valence-corrected chi connectivity index (χ2v) is 5.92. The van der Waals surface area contributed by atoms with E-state index in [0.717, 1.165) is 38.8 Å². The van der Waals surface area contributed by atoms with Gasteiger partial charge in [-0.1, -0.05) is 6.42 Å². The monoisotopic (exact) mass is 284 g/mol. The third-order valence-electron chi connectivity index (χ3n) is 4.61. The topological polar surface area (TPSA) is 87.7 Å². The molecular formula is C14H24N2O4. The first-order chi connectivity index (χ1) is 9.59. The van der Waals surface area contributed by atoms with Crippen LogP contribution in [0, 0.1) is 11.3 Å². The zero-order valence-electron chi connectivity index (χ0n) is 12.0. The summed E-state index contributed by atoms with van der Waals surface area (Å²) in [5, 5.41) is 15.4. The minimum Gasteiger partial charge on any atom is -0.481 e. The van der Waals surface area contributed by atoms with Crippen LogP contribution in [-0.4, -0.2) is 49.8 Å². The molecule has 1 aliphatic carbocycles. The molecule has 0 aromatic carbocycles. The van der Waals surface area contributed by atoms with E-state index in [2.05, 4.69) is 10.6 Å². The Bertz CT molecular complexity index is 361. The van der Waals surface area contributed by atoms with E-state index >= 15 is 0 Å². The second kappa shape index (κ2) is 6.54. The molecule has 2 aliphatic rings. The molecule has 2 fully saturated rings. The Morgan fingerprint density at radius 1 is 1.35 bits per heavy atom. The Balaban J connectivity index is 2.03. The third-order valence-corrected chi connectivity index (χ3v) is 4.61. The summed E-state index contributed by atoms with van der Waals surface area (Å²) in [4.78, 5) is 23.8. The molecule has 1 saturated heterocycles. The van der Waals surface area contributed by atoms with Gasteiger partial charge in [0.25, 0.3) is 0 Å². The molecule has 2 atom stereocenters. The SMILES string of the molecule is COCC1(C(=O)NC2CCCC2C(=O)O)CCNCC1. The molecule has 0 bridgehead atoms. The Hall–Kier alpha value is -1.14. The van der Waals surface area contributed by atoms with Crippen molar-refractivity contribution in [3.63, 3.8) is 0 Å². The van der Waals surface area contributed by atoms with Gasteiger partial charge >= 0.3 is 5.97 Å². The van der Waals surface area contributed by atoms with E-state index in [-0.39, 0.29) is 11.9 Å². The van der Waals surface area contributed by atoms with Crippen molar-refractivity contribution in [3.8, 4) is 0 Å². The van der Waals surface area contributed by atoms with Gasteiger partial charge in [-0.3, -0.25) is 9.59 Å². The molecule has 6 heteroatoms. The zero-order valence-corrected chi connectivity index (χ0v) is 12.0. The van der Waals surface area contributed by atoms with Gasteiger partial charge in [0.15, 0.2) is 0 Å². The Kier molecular flexibility index (Phi) is 4.99. The van der Waals surface area contributed by atoms with Crippen LogP contribution in [0.25, 0.3) is 0 Å². The van der Waals surface area contributed by atoms with Crippen molar-refractivity contribution < 1.29 is 19.4 Å². The highest BCUT2D eigenvalue weighted by Gasteiger charge is 2.42. The number of aliphatic carboxylic acids is 1. The van der Waals surface area contributed by atoms with Crippen molar-refractivity contribution in [1.29, 1.82) is 0 Å². The lowest BCUT2D eigenvalue weighted by atomic mass is 9.78. The molecule has 0 aromatic heterocycles. The van der Waals surface area contributed by atoms with Crippen molar-refractivity contribution in [3.05, 3.63) is 0 Å². The molecule has 1 saturated carbocycles. The number of carbonyl (C=O) groups excluding carboxylic acids is 1. The van der Waals surface area contributed by atoms with E-state index in [4.69, 9.17) is 4.74 Å². The quantitative estimate of drug-likeness (QED) is 0.679. The Morgan fingerprint density at radius 2 is 2.05 bits per heavy atom. The summed E-state index contributed by atoms with van der Waals surface area (Å²) in [6.07, 6.45) is 3.73. The highest BCUT2D eigenvalue weighted by molar-refractivity contribution is 5.84. The van der Waals surface area contributed by atoms with Crippen molar-refractivity contribution >= 4 is 11.9 Å². The smallest absolute Gasteiger partial charge is 0.308 e. The number of methoxy groups -OCH3 is 1. The number of hydrogen-bond donors (Lipinski definition) is 3.